The molecule has 0 saturated carbocycles. The fourth-order valence-electron chi connectivity index (χ4n) is 2.89. The number of rotatable bonds is 6. The number of hydrogen-bond acceptors (Lipinski definition) is 4. The van der Waals surface area contributed by atoms with Crippen LogP contribution in [0, 0.1) is 13.8 Å². The molecule has 0 fully saturated rings. The third kappa shape index (κ3) is 11.4. The molecule has 4 heteroatoms. The van der Waals surface area contributed by atoms with Crippen molar-refractivity contribution in [3.05, 3.63) is 95.8 Å². The van der Waals surface area contributed by atoms with E-state index in [1.165, 1.54) is 17.3 Å². The third-order valence-electron chi connectivity index (χ3n) is 4.55. The molecule has 2 aromatic rings. The maximum atomic E-state index is 5.46. The van der Waals surface area contributed by atoms with Crippen LogP contribution in [0.5, 0.6) is 0 Å². The average molecular weight is 449 g/mol. The van der Waals surface area contributed by atoms with Crippen LogP contribution in [0.1, 0.15) is 81.4 Å². The van der Waals surface area contributed by atoms with Crippen molar-refractivity contribution in [2.45, 2.75) is 73.8 Å². The van der Waals surface area contributed by atoms with E-state index in [0.717, 1.165) is 34.5 Å². The van der Waals surface area contributed by atoms with E-state index in [4.69, 9.17) is 11.5 Å². The van der Waals surface area contributed by atoms with E-state index in [0.29, 0.717) is 17.8 Å². The summed E-state index contributed by atoms with van der Waals surface area (Å²) in [5, 5.41) is 0. The van der Waals surface area contributed by atoms with Crippen molar-refractivity contribution in [2.75, 3.05) is 0 Å². The molecular formula is C29H44N4. The van der Waals surface area contributed by atoms with Gasteiger partial charge < -0.3 is 11.5 Å². The van der Waals surface area contributed by atoms with Crippen LogP contribution in [0.3, 0.4) is 0 Å². The summed E-state index contributed by atoms with van der Waals surface area (Å²) in [5.74, 6) is 1.30. The van der Waals surface area contributed by atoms with Crippen LogP contribution in [-0.2, 0) is 6.42 Å². The van der Waals surface area contributed by atoms with Crippen molar-refractivity contribution in [3.63, 3.8) is 0 Å². The average Bonchev–Trinajstić information content (AvgIpc) is 2.73. The molecule has 4 N–H and O–H groups in total. The summed E-state index contributed by atoms with van der Waals surface area (Å²) in [6.07, 6.45) is 7.67. The van der Waals surface area contributed by atoms with Crippen molar-refractivity contribution in [1.29, 1.82) is 0 Å². The molecule has 4 nitrogen and oxygen atoms in total. The zero-order chi connectivity index (χ0) is 25.6. The summed E-state index contributed by atoms with van der Waals surface area (Å²) in [5.41, 5.74) is 18.2. The van der Waals surface area contributed by atoms with E-state index in [1.807, 2.05) is 33.8 Å². The van der Waals surface area contributed by atoms with E-state index < -0.39 is 0 Å². The summed E-state index contributed by atoms with van der Waals surface area (Å²) in [6.45, 7) is 24.2. The van der Waals surface area contributed by atoms with Gasteiger partial charge in [0.25, 0.3) is 0 Å². The van der Waals surface area contributed by atoms with Crippen LogP contribution in [-0.4, -0.2) is 16.0 Å². The third-order valence-corrected chi connectivity index (χ3v) is 4.55. The number of nitrogens with two attached hydrogens (primary N) is 2. The van der Waals surface area contributed by atoms with Gasteiger partial charge in [-0.1, -0.05) is 89.8 Å². The molecule has 0 bridgehead atoms. The summed E-state index contributed by atoms with van der Waals surface area (Å²) < 4.78 is 0. The second-order valence-electron chi connectivity index (χ2n) is 8.62. The summed E-state index contributed by atoms with van der Waals surface area (Å²) in [6, 6.07) is 9.05. The standard InChI is InChI=1S/C16H21N3.C10H14.C3H9N/c1-6-8-13(9-10-17)16-18-12(5)14(7-2)15(19-16)11(3)4;1-8(2)10-6-4-9(3)5-7-10;1-3(2)4/h6,8-10H,1,3,7,17H2,2,4-5H3;4-8H,1-3H3;3H,4H2,1-2H3/b10-9-,13-8+;;. The van der Waals surface area contributed by atoms with Crippen LogP contribution in [0.25, 0.3) is 11.1 Å². The van der Waals surface area contributed by atoms with E-state index in [2.05, 4.69) is 75.1 Å². The molecule has 0 atom stereocenters. The van der Waals surface area contributed by atoms with Gasteiger partial charge in [0.2, 0.25) is 0 Å². The molecule has 0 unspecified atom stereocenters. The van der Waals surface area contributed by atoms with E-state index in [1.54, 1.807) is 12.2 Å². The number of nitrogens with zero attached hydrogens (tertiary/aromatic N) is 2. The van der Waals surface area contributed by atoms with E-state index in [9.17, 15) is 0 Å². The first-order chi connectivity index (χ1) is 15.5. The number of hydrogen-bond donors (Lipinski definition) is 2. The Morgan fingerprint density at radius 3 is 2.00 bits per heavy atom. The van der Waals surface area contributed by atoms with Crippen molar-refractivity contribution in [1.82, 2.24) is 9.97 Å². The molecule has 0 amide bonds. The van der Waals surface area contributed by atoms with Crippen LogP contribution >= 0.6 is 0 Å². The van der Waals surface area contributed by atoms with Crippen LogP contribution in [0.15, 0.2) is 61.9 Å². The normalized spacial score (nSPS) is 11.1. The molecule has 1 heterocycles. The lowest BCUT2D eigenvalue weighted by Crippen LogP contribution is -2.06. The lowest BCUT2D eigenvalue weighted by Gasteiger charge is -2.12. The zero-order valence-corrected chi connectivity index (χ0v) is 21.9. The molecule has 0 aliphatic heterocycles. The Bertz CT molecular complexity index is 930. The van der Waals surface area contributed by atoms with E-state index in [-0.39, 0.29) is 0 Å². The highest BCUT2D eigenvalue weighted by Crippen LogP contribution is 2.22. The molecule has 0 aliphatic carbocycles. The first kappa shape index (κ1) is 30.0. The number of aryl methyl sites for hydroxylation is 2. The van der Waals surface area contributed by atoms with Gasteiger partial charge in [-0.25, -0.2) is 9.97 Å². The quantitative estimate of drug-likeness (QED) is 0.471. The molecule has 2 rings (SSSR count). The molecule has 0 saturated heterocycles. The first-order valence-electron chi connectivity index (χ1n) is 11.5. The zero-order valence-electron chi connectivity index (χ0n) is 21.9. The van der Waals surface area contributed by atoms with Gasteiger partial charge in [0.15, 0.2) is 5.82 Å². The molecule has 0 spiro atoms. The number of benzene rings is 1. The Morgan fingerprint density at radius 1 is 1.06 bits per heavy atom. The monoisotopic (exact) mass is 448 g/mol. The van der Waals surface area contributed by atoms with Gasteiger partial charge in [0.05, 0.1) is 5.69 Å². The van der Waals surface area contributed by atoms with Gasteiger partial charge in [0.1, 0.15) is 0 Å². The molecule has 33 heavy (non-hydrogen) atoms. The fraction of sp³-hybridized carbons (Fsp3) is 0.379. The van der Waals surface area contributed by atoms with Crippen LogP contribution < -0.4 is 11.5 Å². The molecule has 1 aromatic heterocycles. The second-order valence-corrected chi connectivity index (χ2v) is 8.62. The lowest BCUT2D eigenvalue weighted by atomic mass is 10.0. The van der Waals surface area contributed by atoms with Crippen molar-refractivity contribution >= 4 is 11.1 Å². The Balaban J connectivity index is 0.000000607. The first-order valence-corrected chi connectivity index (χ1v) is 11.5. The topological polar surface area (TPSA) is 77.8 Å². The Labute approximate surface area is 202 Å². The predicted octanol–water partition coefficient (Wildman–Crippen LogP) is 6.89. The maximum Gasteiger partial charge on any atom is 0.160 e. The minimum atomic E-state index is 0.333. The Hall–Kier alpha value is -2.98. The highest BCUT2D eigenvalue weighted by Gasteiger charge is 2.12. The molecule has 0 aliphatic rings. The smallest absolute Gasteiger partial charge is 0.160 e. The Kier molecular flexibility index (Phi) is 14.3. The molecule has 1 aromatic carbocycles. The van der Waals surface area contributed by atoms with Gasteiger partial charge in [-0.2, -0.15) is 0 Å². The van der Waals surface area contributed by atoms with Gasteiger partial charge >= 0.3 is 0 Å². The SMILES string of the molecule is C=C/C=C(\C=C/N)c1nc(C)c(CC)c(C(=C)C)n1.CC(C)N.Cc1ccc(C(C)C)cc1. The van der Waals surface area contributed by atoms with Crippen LogP contribution in [0.2, 0.25) is 0 Å². The summed E-state index contributed by atoms with van der Waals surface area (Å²) in [4.78, 5) is 9.16. The second kappa shape index (κ2) is 15.8. The Morgan fingerprint density at radius 2 is 1.61 bits per heavy atom. The van der Waals surface area contributed by atoms with Crippen LogP contribution in [0.4, 0.5) is 0 Å². The largest absolute Gasteiger partial charge is 0.405 e. The van der Waals surface area contributed by atoms with Crippen molar-refractivity contribution in [2.24, 2.45) is 11.5 Å². The number of aromatic nitrogens is 2. The van der Waals surface area contributed by atoms with Gasteiger partial charge in [-0.15, -0.1) is 0 Å². The highest BCUT2D eigenvalue weighted by atomic mass is 14.9. The molecule has 180 valence electrons. The maximum absolute atomic E-state index is 5.46. The van der Waals surface area contributed by atoms with Gasteiger partial charge in [-0.3, -0.25) is 0 Å². The van der Waals surface area contributed by atoms with Crippen molar-refractivity contribution < 1.29 is 0 Å². The fourth-order valence-corrected chi connectivity index (χ4v) is 2.89. The number of allylic oxidation sites excluding steroid dienone is 5. The predicted molar refractivity (Wildman–Crippen MR) is 147 cm³/mol. The van der Waals surface area contributed by atoms with Crippen molar-refractivity contribution in [3.8, 4) is 0 Å². The lowest BCUT2D eigenvalue weighted by molar-refractivity contribution is 0.834. The summed E-state index contributed by atoms with van der Waals surface area (Å²) in [7, 11) is 0. The van der Waals surface area contributed by atoms with Gasteiger partial charge in [-0.05, 0) is 68.1 Å². The van der Waals surface area contributed by atoms with Gasteiger partial charge in [0, 0.05) is 11.3 Å². The minimum absolute atomic E-state index is 0.333. The molecule has 0 radical (unpaired) electrons. The minimum Gasteiger partial charge on any atom is -0.405 e. The highest BCUT2D eigenvalue weighted by molar-refractivity contribution is 5.72. The summed E-state index contributed by atoms with van der Waals surface area (Å²) >= 11 is 0. The molecular weight excluding hydrogens is 404 g/mol. The van der Waals surface area contributed by atoms with E-state index >= 15 is 0 Å².